The standard InChI is InChI=1S/C24H18ClF3N2O/c1-14-13-18(15(2)30(14)22-10-6-5-9-19(22)24(26,27)28)23(31)29-21-12-11-20(25)16-7-3-4-8-17(16)21/h3-13H,1-2H3,(H,29,31). The average molecular weight is 443 g/mol. The van der Waals surface area contributed by atoms with Gasteiger partial charge in [-0.3, -0.25) is 4.79 Å². The first kappa shape index (κ1) is 21.0. The van der Waals surface area contributed by atoms with Crippen LogP contribution < -0.4 is 5.32 Å². The number of aromatic nitrogens is 1. The number of hydrogen-bond donors (Lipinski definition) is 1. The van der Waals surface area contributed by atoms with Gasteiger partial charge < -0.3 is 9.88 Å². The molecule has 0 fully saturated rings. The van der Waals surface area contributed by atoms with Gasteiger partial charge in [0.1, 0.15) is 0 Å². The lowest BCUT2D eigenvalue weighted by atomic mass is 10.1. The zero-order valence-electron chi connectivity index (χ0n) is 16.7. The lowest BCUT2D eigenvalue weighted by Crippen LogP contribution is -2.15. The van der Waals surface area contributed by atoms with Crippen molar-refractivity contribution < 1.29 is 18.0 Å². The Morgan fingerprint density at radius 1 is 0.935 bits per heavy atom. The molecule has 0 unspecified atom stereocenters. The minimum Gasteiger partial charge on any atom is -0.321 e. The average Bonchev–Trinajstić information content (AvgIpc) is 3.03. The Kier molecular flexibility index (Phi) is 5.27. The molecule has 0 saturated carbocycles. The molecule has 0 atom stereocenters. The zero-order chi connectivity index (χ0) is 22.3. The van der Waals surface area contributed by atoms with E-state index in [9.17, 15) is 18.0 Å². The van der Waals surface area contributed by atoms with Crippen LogP contribution >= 0.6 is 11.6 Å². The maximum atomic E-state index is 13.5. The Labute approximate surface area is 182 Å². The molecule has 158 valence electrons. The first-order valence-electron chi connectivity index (χ1n) is 9.52. The second kappa shape index (κ2) is 7.78. The van der Waals surface area contributed by atoms with Crippen LogP contribution in [0.2, 0.25) is 5.02 Å². The Morgan fingerprint density at radius 2 is 1.58 bits per heavy atom. The molecule has 0 saturated heterocycles. The van der Waals surface area contributed by atoms with E-state index in [0.29, 0.717) is 27.7 Å². The van der Waals surface area contributed by atoms with E-state index < -0.39 is 17.6 Å². The summed E-state index contributed by atoms with van der Waals surface area (Å²) in [5.74, 6) is -0.406. The van der Waals surface area contributed by atoms with Gasteiger partial charge in [-0.25, -0.2) is 0 Å². The predicted octanol–water partition coefficient (Wildman–Crippen LogP) is 7.17. The van der Waals surface area contributed by atoms with Crippen molar-refractivity contribution in [1.82, 2.24) is 4.57 Å². The first-order valence-corrected chi connectivity index (χ1v) is 9.90. The minimum atomic E-state index is -4.51. The van der Waals surface area contributed by atoms with E-state index in [0.717, 1.165) is 16.8 Å². The topological polar surface area (TPSA) is 34.0 Å². The fraction of sp³-hybridized carbons (Fsp3) is 0.125. The van der Waals surface area contributed by atoms with Crippen LogP contribution in [0.5, 0.6) is 0 Å². The third-order valence-electron chi connectivity index (χ3n) is 5.25. The Morgan fingerprint density at radius 3 is 2.29 bits per heavy atom. The summed E-state index contributed by atoms with van der Waals surface area (Å²) in [6.07, 6.45) is -4.51. The second-order valence-electron chi connectivity index (χ2n) is 7.23. The van der Waals surface area contributed by atoms with E-state index in [2.05, 4.69) is 5.32 Å². The van der Waals surface area contributed by atoms with Gasteiger partial charge in [-0.1, -0.05) is 48.0 Å². The van der Waals surface area contributed by atoms with Crippen molar-refractivity contribution in [3.8, 4) is 5.69 Å². The number of fused-ring (bicyclic) bond motifs is 1. The van der Waals surface area contributed by atoms with Crippen molar-refractivity contribution in [2.75, 3.05) is 5.32 Å². The molecule has 0 aliphatic heterocycles. The van der Waals surface area contributed by atoms with Crippen molar-refractivity contribution in [1.29, 1.82) is 0 Å². The van der Waals surface area contributed by atoms with Gasteiger partial charge in [0.05, 0.1) is 16.8 Å². The molecule has 1 aromatic heterocycles. The minimum absolute atomic E-state index is 0.0130. The molecule has 0 aliphatic rings. The maximum Gasteiger partial charge on any atom is 0.418 e. The van der Waals surface area contributed by atoms with Gasteiger partial charge in [-0.05, 0) is 44.2 Å². The Bertz CT molecular complexity index is 1310. The third kappa shape index (κ3) is 3.79. The van der Waals surface area contributed by atoms with Crippen LogP contribution in [0.3, 0.4) is 0 Å². The van der Waals surface area contributed by atoms with Gasteiger partial charge in [0.15, 0.2) is 0 Å². The summed E-state index contributed by atoms with van der Waals surface area (Å²) >= 11 is 6.24. The number of rotatable bonds is 3. The van der Waals surface area contributed by atoms with Gasteiger partial charge in [0, 0.05) is 32.9 Å². The lowest BCUT2D eigenvalue weighted by molar-refractivity contribution is -0.137. The molecule has 3 aromatic carbocycles. The van der Waals surface area contributed by atoms with E-state index in [1.165, 1.54) is 16.7 Å². The molecule has 0 aliphatic carbocycles. The molecule has 7 heteroatoms. The molecule has 1 heterocycles. The fourth-order valence-electron chi connectivity index (χ4n) is 3.83. The third-order valence-corrected chi connectivity index (χ3v) is 5.57. The number of carbonyl (C=O) groups is 1. The van der Waals surface area contributed by atoms with Gasteiger partial charge in [0.2, 0.25) is 0 Å². The molecule has 0 bridgehead atoms. The maximum absolute atomic E-state index is 13.5. The summed E-state index contributed by atoms with van der Waals surface area (Å²) in [5, 5.41) is 5.01. The number of nitrogens with zero attached hydrogens (tertiary/aromatic N) is 1. The van der Waals surface area contributed by atoms with E-state index in [4.69, 9.17) is 11.6 Å². The summed E-state index contributed by atoms with van der Waals surface area (Å²) in [6, 6.07) is 17.7. The molecule has 1 amide bonds. The summed E-state index contributed by atoms with van der Waals surface area (Å²) in [6.45, 7) is 3.31. The highest BCUT2D eigenvalue weighted by atomic mass is 35.5. The molecule has 1 N–H and O–H groups in total. The van der Waals surface area contributed by atoms with Gasteiger partial charge in [-0.2, -0.15) is 13.2 Å². The van der Waals surface area contributed by atoms with Crippen molar-refractivity contribution in [3.63, 3.8) is 0 Å². The number of anilines is 1. The van der Waals surface area contributed by atoms with Crippen molar-refractivity contribution >= 4 is 34.0 Å². The van der Waals surface area contributed by atoms with Crippen molar-refractivity contribution in [3.05, 3.63) is 94.3 Å². The van der Waals surface area contributed by atoms with E-state index in [1.807, 2.05) is 24.3 Å². The summed E-state index contributed by atoms with van der Waals surface area (Å²) in [5.41, 5.74) is 1.05. The summed E-state index contributed by atoms with van der Waals surface area (Å²) in [4.78, 5) is 13.1. The number of aryl methyl sites for hydroxylation is 1. The largest absolute Gasteiger partial charge is 0.418 e. The van der Waals surface area contributed by atoms with Crippen LogP contribution in [0.4, 0.5) is 18.9 Å². The summed E-state index contributed by atoms with van der Waals surface area (Å²) in [7, 11) is 0. The van der Waals surface area contributed by atoms with Crippen LogP contribution in [-0.2, 0) is 6.18 Å². The number of hydrogen-bond acceptors (Lipinski definition) is 1. The van der Waals surface area contributed by atoms with E-state index in [-0.39, 0.29) is 5.69 Å². The van der Waals surface area contributed by atoms with Crippen LogP contribution in [0, 0.1) is 13.8 Å². The summed E-state index contributed by atoms with van der Waals surface area (Å²) < 4.78 is 42.0. The highest BCUT2D eigenvalue weighted by molar-refractivity contribution is 6.36. The molecule has 4 rings (SSSR count). The number of amides is 1. The van der Waals surface area contributed by atoms with Crippen LogP contribution in [-0.4, -0.2) is 10.5 Å². The highest BCUT2D eigenvalue weighted by Gasteiger charge is 2.34. The van der Waals surface area contributed by atoms with Gasteiger partial charge in [-0.15, -0.1) is 0 Å². The normalized spacial score (nSPS) is 11.7. The van der Waals surface area contributed by atoms with Crippen LogP contribution in [0.1, 0.15) is 27.3 Å². The van der Waals surface area contributed by atoms with Crippen molar-refractivity contribution in [2.24, 2.45) is 0 Å². The molecule has 4 aromatic rings. The Balaban J connectivity index is 1.76. The second-order valence-corrected chi connectivity index (χ2v) is 7.64. The quantitative estimate of drug-likeness (QED) is 0.358. The van der Waals surface area contributed by atoms with E-state index >= 15 is 0 Å². The van der Waals surface area contributed by atoms with E-state index in [1.54, 1.807) is 38.1 Å². The van der Waals surface area contributed by atoms with Crippen LogP contribution in [0.15, 0.2) is 66.7 Å². The SMILES string of the molecule is Cc1cc(C(=O)Nc2ccc(Cl)c3ccccc23)c(C)n1-c1ccccc1C(F)(F)F. The zero-order valence-corrected chi connectivity index (χ0v) is 17.5. The number of halogens is 4. The smallest absolute Gasteiger partial charge is 0.321 e. The number of carbonyl (C=O) groups excluding carboxylic acids is 1. The monoisotopic (exact) mass is 442 g/mol. The molecule has 0 spiro atoms. The molecule has 0 radical (unpaired) electrons. The number of nitrogens with one attached hydrogen (secondary N) is 1. The number of para-hydroxylation sites is 1. The van der Waals surface area contributed by atoms with Gasteiger partial charge in [0.25, 0.3) is 5.91 Å². The van der Waals surface area contributed by atoms with Crippen molar-refractivity contribution in [2.45, 2.75) is 20.0 Å². The van der Waals surface area contributed by atoms with Crippen LogP contribution in [0.25, 0.3) is 16.5 Å². The first-order chi connectivity index (χ1) is 14.7. The molecule has 3 nitrogen and oxygen atoms in total. The molecule has 31 heavy (non-hydrogen) atoms. The Hall–Kier alpha value is -3.25. The molecular formula is C24H18ClF3N2O. The highest BCUT2D eigenvalue weighted by Crippen LogP contribution is 2.36. The number of benzene rings is 3. The molecular weight excluding hydrogens is 425 g/mol. The fourth-order valence-corrected chi connectivity index (χ4v) is 4.06. The van der Waals surface area contributed by atoms with Gasteiger partial charge >= 0.3 is 6.18 Å². The lowest BCUT2D eigenvalue weighted by Gasteiger charge is -2.17. The predicted molar refractivity (Wildman–Crippen MR) is 117 cm³/mol. The number of alkyl halides is 3.